The normalized spacial score (nSPS) is 15.8. The molecule has 5 heteroatoms. The Morgan fingerprint density at radius 3 is 2.56 bits per heavy atom. The molecule has 0 saturated carbocycles. The summed E-state index contributed by atoms with van der Waals surface area (Å²) in [5, 5.41) is 6.82. The number of allylic oxidation sites excluding steroid dienone is 1. The molecule has 0 spiro atoms. The van der Waals surface area contributed by atoms with Gasteiger partial charge in [0.2, 0.25) is 0 Å². The Morgan fingerprint density at radius 1 is 1.14 bits per heavy atom. The predicted molar refractivity (Wildman–Crippen MR) is 156 cm³/mol. The SMILES string of the molecule is C=Nc1nc(-c2ccc(CNCCC)cc2)ccc1/C(=C\CCCC(C)CC(C)NC)N1CCCC1. The zero-order chi connectivity index (χ0) is 25.8. The summed E-state index contributed by atoms with van der Waals surface area (Å²) in [6.45, 7) is 14.9. The topological polar surface area (TPSA) is 52.6 Å². The zero-order valence-corrected chi connectivity index (χ0v) is 23.0. The second kappa shape index (κ2) is 14.9. The monoisotopic (exact) mass is 489 g/mol. The van der Waals surface area contributed by atoms with Gasteiger partial charge in [0.15, 0.2) is 5.82 Å². The molecular formula is C31H47N5. The van der Waals surface area contributed by atoms with Crippen molar-refractivity contribution < 1.29 is 0 Å². The average molecular weight is 490 g/mol. The van der Waals surface area contributed by atoms with Crippen LogP contribution in [0.2, 0.25) is 0 Å². The first-order valence-electron chi connectivity index (χ1n) is 14.0. The van der Waals surface area contributed by atoms with E-state index in [2.05, 4.69) is 90.5 Å². The standard InChI is InChI=1S/C31H47N5/c1-6-19-34-23-26-13-15-27(16-14-26)29-18-17-28(31(33-5)35-29)30(36-20-9-10-21-36)12-8-7-11-24(2)22-25(3)32-4/h12-18,24-25,32,34H,5-11,19-23H2,1-4H3/b30-12+. The number of aromatic nitrogens is 1. The lowest BCUT2D eigenvalue weighted by molar-refractivity contribution is 0.411. The molecular weight excluding hydrogens is 442 g/mol. The maximum Gasteiger partial charge on any atom is 0.161 e. The number of hydrogen-bond donors (Lipinski definition) is 2. The van der Waals surface area contributed by atoms with E-state index in [0.29, 0.717) is 6.04 Å². The highest BCUT2D eigenvalue weighted by molar-refractivity contribution is 5.75. The van der Waals surface area contributed by atoms with Crippen molar-refractivity contribution in [2.75, 3.05) is 26.7 Å². The van der Waals surface area contributed by atoms with Crippen molar-refractivity contribution in [1.29, 1.82) is 0 Å². The fraction of sp³-hybridized carbons (Fsp3) is 0.548. The zero-order valence-electron chi connectivity index (χ0n) is 23.0. The van der Waals surface area contributed by atoms with Crippen molar-refractivity contribution in [2.24, 2.45) is 10.9 Å². The van der Waals surface area contributed by atoms with Crippen molar-refractivity contribution in [1.82, 2.24) is 20.5 Å². The van der Waals surface area contributed by atoms with E-state index in [4.69, 9.17) is 4.98 Å². The van der Waals surface area contributed by atoms with Gasteiger partial charge in [-0.15, -0.1) is 0 Å². The maximum absolute atomic E-state index is 4.94. The van der Waals surface area contributed by atoms with Gasteiger partial charge in [-0.05, 0) is 89.4 Å². The van der Waals surface area contributed by atoms with E-state index >= 15 is 0 Å². The van der Waals surface area contributed by atoms with E-state index in [1.807, 2.05) is 7.05 Å². The van der Waals surface area contributed by atoms with E-state index in [1.165, 1.54) is 43.4 Å². The van der Waals surface area contributed by atoms with Gasteiger partial charge in [0, 0.05) is 42.5 Å². The molecule has 2 heterocycles. The molecule has 0 bridgehead atoms. The first kappa shape index (κ1) is 28.1. The van der Waals surface area contributed by atoms with Crippen LogP contribution in [0.5, 0.6) is 0 Å². The van der Waals surface area contributed by atoms with Crippen LogP contribution in [0.15, 0.2) is 47.5 Å². The number of likely N-dealkylation sites (tertiary alicyclic amines) is 1. The highest BCUT2D eigenvalue weighted by Crippen LogP contribution is 2.33. The summed E-state index contributed by atoms with van der Waals surface area (Å²) >= 11 is 0. The lowest BCUT2D eigenvalue weighted by atomic mass is 9.96. The van der Waals surface area contributed by atoms with Crippen molar-refractivity contribution in [2.45, 2.75) is 78.3 Å². The van der Waals surface area contributed by atoms with Crippen LogP contribution in [0.4, 0.5) is 5.82 Å². The minimum atomic E-state index is 0.579. The molecule has 1 saturated heterocycles. The number of benzene rings is 1. The van der Waals surface area contributed by atoms with Gasteiger partial charge in [0.05, 0.1) is 5.69 Å². The molecule has 196 valence electrons. The Balaban J connectivity index is 1.74. The summed E-state index contributed by atoms with van der Waals surface area (Å²) in [6, 6.07) is 13.6. The van der Waals surface area contributed by atoms with Crippen LogP contribution < -0.4 is 10.6 Å². The molecule has 3 rings (SSSR count). The molecule has 0 radical (unpaired) electrons. The van der Waals surface area contributed by atoms with E-state index < -0.39 is 0 Å². The summed E-state index contributed by atoms with van der Waals surface area (Å²) in [5.41, 5.74) is 5.74. The smallest absolute Gasteiger partial charge is 0.161 e. The number of rotatable bonds is 15. The van der Waals surface area contributed by atoms with Crippen LogP contribution in [0.25, 0.3) is 17.0 Å². The lowest BCUT2D eigenvalue weighted by Crippen LogP contribution is -2.23. The lowest BCUT2D eigenvalue weighted by Gasteiger charge is -2.23. The Morgan fingerprint density at radius 2 is 1.89 bits per heavy atom. The van der Waals surface area contributed by atoms with Crippen LogP contribution in [-0.2, 0) is 6.54 Å². The molecule has 5 nitrogen and oxygen atoms in total. The third-order valence-electron chi connectivity index (χ3n) is 7.24. The van der Waals surface area contributed by atoms with Gasteiger partial charge >= 0.3 is 0 Å². The van der Waals surface area contributed by atoms with Crippen molar-refractivity contribution in [3.63, 3.8) is 0 Å². The highest BCUT2D eigenvalue weighted by Gasteiger charge is 2.20. The molecule has 0 aliphatic carbocycles. The first-order valence-corrected chi connectivity index (χ1v) is 14.0. The summed E-state index contributed by atoms with van der Waals surface area (Å²) in [4.78, 5) is 11.8. The van der Waals surface area contributed by atoms with E-state index in [0.717, 1.165) is 67.6 Å². The summed E-state index contributed by atoms with van der Waals surface area (Å²) in [6.07, 6.45) is 10.8. The average Bonchev–Trinajstić information content (AvgIpc) is 3.43. The van der Waals surface area contributed by atoms with Crippen LogP contribution in [0.1, 0.15) is 76.8 Å². The number of unbranched alkanes of at least 4 members (excludes halogenated alkanes) is 1. The Labute approximate surface area is 219 Å². The minimum Gasteiger partial charge on any atom is -0.371 e. The quantitative estimate of drug-likeness (QED) is 0.213. The van der Waals surface area contributed by atoms with Crippen LogP contribution in [0.3, 0.4) is 0 Å². The Hall–Kier alpha value is -2.50. The molecule has 1 aromatic carbocycles. The van der Waals surface area contributed by atoms with Gasteiger partial charge in [0.1, 0.15) is 0 Å². The molecule has 2 aromatic rings. The predicted octanol–water partition coefficient (Wildman–Crippen LogP) is 6.82. The third kappa shape index (κ3) is 8.28. The van der Waals surface area contributed by atoms with Gasteiger partial charge in [-0.2, -0.15) is 0 Å². The summed E-state index contributed by atoms with van der Waals surface area (Å²) < 4.78 is 0. The highest BCUT2D eigenvalue weighted by atomic mass is 15.2. The number of hydrogen-bond acceptors (Lipinski definition) is 5. The molecule has 0 amide bonds. The molecule has 1 aliphatic rings. The van der Waals surface area contributed by atoms with Crippen LogP contribution in [0, 0.1) is 5.92 Å². The molecule has 36 heavy (non-hydrogen) atoms. The molecule has 1 aliphatic heterocycles. The van der Waals surface area contributed by atoms with Gasteiger partial charge in [-0.3, -0.25) is 0 Å². The number of aliphatic imine (C=N–C) groups is 1. The largest absolute Gasteiger partial charge is 0.371 e. The van der Waals surface area contributed by atoms with E-state index in [1.54, 1.807) is 0 Å². The first-order chi connectivity index (χ1) is 17.5. The van der Waals surface area contributed by atoms with Crippen molar-refractivity contribution in [3.8, 4) is 11.3 Å². The van der Waals surface area contributed by atoms with E-state index in [-0.39, 0.29) is 0 Å². The van der Waals surface area contributed by atoms with Gasteiger partial charge in [0.25, 0.3) is 0 Å². The summed E-state index contributed by atoms with van der Waals surface area (Å²) in [5.74, 6) is 1.46. The minimum absolute atomic E-state index is 0.579. The Kier molecular flexibility index (Phi) is 11.6. The fourth-order valence-electron chi connectivity index (χ4n) is 5.04. The number of pyridine rings is 1. The van der Waals surface area contributed by atoms with Gasteiger partial charge < -0.3 is 15.5 Å². The number of nitrogens with one attached hydrogen (secondary N) is 2. The second-order valence-electron chi connectivity index (χ2n) is 10.3. The summed E-state index contributed by atoms with van der Waals surface area (Å²) in [7, 11) is 2.05. The van der Waals surface area contributed by atoms with Crippen molar-refractivity contribution in [3.05, 3.63) is 53.6 Å². The maximum atomic E-state index is 4.94. The number of nitrogens with zero attached hydrogens (tertiary/aromatic N) is 3. The van der Waals surface area contributed by atoms with E-state index in [9.17, 15) is 0 Å². The van der Waals surface area contributed by atoms with Gasteiger partial charge in [-0.25, -0.2) is 9.98 Å². The Bertz CT molecular complexity index is 959. The fourth-order valence-corrected chi connectivity index (χ4v) is 5.04. The molecule has 2 unspecified atom stereocenters. The molecule has 1 fully saturated rings. The molecule has 2 atom stereocenters. The van der Waals surface area contributed by atoms with Gasteiger partial charge in [-0.1, -0.05) is 50.6 Å². The molecule has 2 N–H and O–H groups in total. The second-order valence-corrected chi connectivity index (χ2v) is 10.3. The van der Waals surface area contributed by atoms with Crippen LogP contribution >= 0.6 is 0 Å². The molecule has 1 aromatic heterocycles. The van der Waals surface area contributed by atoms with Crippen LogP contribution in [-0.4, -0.2) is 49.3 Å². The third-order valence-corrected chi connectivity index (χ3v) is 7.24. The van der Waals surface area contributed by atoms with Crippen molar-refractivity contribution >= 4 is 18.2 Å².